The maximum absolute atomic E-state index is 12.5. The third-order valence-electron chi connectivity index (χ3n) is 4.01. The van der Waals surface area contributed by atoms with Crippen molar-refractivity contribution in [2.24, 2.45) is 0 Å². The predicted octanol–water partition coefficient (Wildman–Crippen LogP) is 4.26. The lowest BCUT2D eigenvalue weighted by Crippen LogP contribution is -2.14. The summed E-state index contributed by atoms with van der Waals surface area (Å²) >= 11 is 0. The number of anilines is 3. The second-order valence-corrected chi connectivity index (χ2v) is 6.04. The minimum atomic E-state index is -0.433. The van der Waals surface area contributed by atoms with Crippen LogP contribution in [-0.4, -0.2) is 30.6 Å². The molecule has 0 aliphatic rings. The van der Waals surface area contributed by atoms with Crippen molar-refractivity contribution in [2.45, 2.75) is 6.92 Å². The Morgan fingerprint density at radius 2 is 1.62 bits per heavy atom. The van der Waals surface area contributed by atoms with Gasteiger partial charge in [-0.15, -0.1) is 0 Å². The zero-order valence-corrected chi connectivity index (χ0v) is 16.1. The summed E-state index contributed by atoms with van der Waals surface area (Å²) in [7, 11) is 1.32. The van der Waals surface area contributed by atoms with Gasteiger partial charge in [0, 0.05) is 23.3 Å². The maximum atomic E-state index is 12.5. The van der Waals surface area contributed by atoms with Crippen LogP contribution < -0.4 is 15.4 Å². The first-order valence-corrected chi connectivity index (χ1v) is 9.04. The minimum Gasteiger partial charge on any atom is -0.494 e. The second-order valence-electron chi connectivity index (χ2n) is 6.04. The third kappa shape index (κ3) is 5.32. The summed E-state index contributed by atoms with van der Waals surface area (Å²) < 4.78 is 10.1. The standard InChI is InChI=1S/C22H21N3O4/c1-3-29-19-10-8-16(9-11-19)24-18-12-13-23-20(14-18)21(26)25-17-6-4-15(5-7-17)22(27)28-2/h4-14H,3H2,1-2H3,(H,23,24)(H,25,26). The van der Waals surface area contributed by atoms with E-state index in [-0.39, 0.29) is 11.6 Å². The average molecular weight is 391 g/mol. The van der Waals surface area contributed by atoms with Crippen molar-refractivity contribution in [3.05, 3.63) is 78.1 Å². The molecule has 0 aliphatic carbocycles. The van der Waals surface area contributed by atoms with Crippen LogP contribution in [0.25, 0.3) is 0 Å². The first-order chi connectivity index (χ1) is 14.1. The number of amides is 1. The van der Waals surface area contributed by atoms with E-state index in [2.05, 4.69) is 20.4 Å². The molecule has 0 unspecified atom stereocenters. The number of esters is 1. The number of methoxy groups -OCH3 is 1. The Labute approximate surface area is 168 Å². The van der Waals surface area contributed by atoms with Crippen LogP contribution in [0.15, 0.2) is 66.9 Å². The second kappa shape index (κ2) is 9.36. The van der Waals surface area contributed by atoms with Gasteiger partial charge < -0.3 is 20.1 Å². The number of nitrogens with one attached hydrogen (secondary N) is 2. The Bertz CT molecular complexity index is 986. The van der Waals surface area contributed by atoms with Crippen molar-refractivity contribution in [3.63, 3.8) is 0 Å². The summed E-state index contributed by atoms with van der Waals surface area (Å²) in [6.07, 6.45) is 1.56. The Kier molecular flexibility index (Phi) is 6.42. The molecule has 0 aliphatic heterocycles. The fraction of sp³-hybridized carbons (Fsp3) is 0.136. The molecular weight excluding hydrogens is 370 g/mol. The largest absolute Gasteiger partial charge is 0.494 e. The summed E-state index contributed by atoms with van der Waals surface area (Å²) in [5, 5.41) is 5.99. The lowest BCUT2D eigenvalue weighted by Gasteiger charge is -2.10. The number of rotatable bonds is 7. The van der Waals surface area contributed by atoms with Crippen LogP contribution in [-0.2, 0) is 4.74 Å². The molecule has 0 spiro atoms. The minimum absolute atomic E-state index is 0.262. The van der Waals surface area contributed by atoms with E-state index in [1.165, 1.54) is 7.11 Å². The SMILES string of the molecule is CCOc1ccc(Nc2ccnc(C(=O)Nc3ccc(C(=O)OC)cc3)c2)cc1. The molecule has 2 aromatic carbocycles. The summed E-state index contributed by atoms with van der Waals surface area (Å²) in [5.74, 6) is 0.00910. The van der Waals surface area contributed by atoms with E-state index in [1.54, 1.807) is 42.6 Å². The highest BCUT2D eigenvalue weighted by Gasteiger charge is 2.10. The summed E-state index contributed by atoms with van der Waals surface area (Å²) in [6, 6.07) is 17.4. The molecule has 148 valence electrons. The van der Waals surface area contributed by atoms with Gasteiger partial charge in [-0.3, -0.25) is 9.78 Å². The molecule has 0 radical (unpaired) electrons. The number of benzene rings is 2. The monoisotopic (exact) mass is 391 g/mol. The Morgan fingerprint density at radius 1 is 0.931 bits per heavy atom. The van der Waals surface area contributed by atoms with E-state index in [9.17, 15) is 9.59 Å². The first-order valence-electron chi connectivity index (χ1n) is 9.04. The average Bonchev–Trinajstić information content (AvgIpc) is 2.75. The normalized spacial score (nSPS) is 10.1. The molecule has 7 nitrogen and oxygen atoms in total. The molecule has 1 aromatic heterocycles. The first kappa shape index (κ1) is 19.9. The van der Waals surface area contributed by atoms with E-state index in [0.29, 0.717) is 17.9 Å². The third-order valence-corrected chi connectivity index (χ3v) is 4.01. The van der Waals surface area contributed by atoms with Gasteiger partial charge in [0.1, 0.15) is 11.4 Å². The number of aromatic nitrogens is 1. The number of carbonyl (C=O) groups is 2. The van der Waals surface area contributed by atoms with Crippen molar-refractivity contribution < 1.29 is 19.1 Å². The zero-order chi connectivity index (χ0) is 20.6. The van der Waals surface area contributed by atoms with Gasteiger partial charge in [0.05, 0.1) is 19.3 Å². The number of nitrogens with zero attached hydrogens (tertiary/aromatic N) is 1. The molecule has 29 heavy (non-hydrogen) atoms. The maximum Gasteiger partial charge on any atom is 0.337 e. The van der Waals surface area contributed by atoms with Gasteiger partial charge >= 0.3 is 5.97 Å². The molecule has 3 rings (SSSR count). The summed E-state index contributed by atoms with van der Waals surface area (Å²) in [5.41, 5.74) is 2.82. The Balaban J connectivity index is 1.66. The molecule has 1 heterocycles. The summed E-state index contributed by atoms with van der Waals surface area (Å²) in [6.45, 7) is 2.55. The van der Waals surface area contributed by atoms with Crippen molar-refractivity contribution in [1.29, 1.82) is 0 Å². The molecule has 0 fully saturated rings. The number of carbonyl (C=O) groups excluding carboxylic acids is 2. The van der Waals surface area contributed by atoms with E-state index in [1.807, 2.05) is 31.2 Å². The number of ether oxygens (including phenoxy) is 2. The van der Waals surface area contributed by atoms with Crippen LogP contribution in [0.5, 0.6) is 5.75 Å². The zero-order valence-electron chi connectivity index (χ0n) is 16.1. The highest BCUT2D eigenvalue weighted by Crippen LogP contribution is 2.21. The van der Waals surface area contributed by atoms with Crippen LogP contribution in [0.3, 0.4) is 0 Å². The lowest BCUT2D eigenvalue weighted by atomic mass is 10.2. The van der Waals surface area contributed by atoms with Gasteiger partial charge in [0.15, 0.2) is 0 Å². The van der Waals surface area contributed by atoms with E-state index in [0.717, 1.165) is 17.1 Å². The molecule has 0 saturated carbocycles. The van der Waals surface area contributed by atoms with Crippen molar-refractivity contribution in [2.75, 3.05) is 24.4 Å². The van der Waals surface area contributed by atoms with Gasteiger partial charge in [0.2, 0.25) is 0 Å². The number of hydrogen-bond acceptors (Lipinski definition) is 6. The van der Waals surface area contributed by atoms with Crippen molar-refractivity contribution in [1.82, 2.24) is 4.98 Å². The number of hydrogen-bond donors (Lipinski definition) is 2. The number of pyridine rings is 1. The topological polar surface area (TPSA) is 89.5 Å². The molecule has 1 amide bonds. The van der Waals surface area contributed by atoms with Crippen molar-refractivity contribution in [3.8, 4) is 5.75 Å². The van der Waals surface area contributed by atoms with E-state index in [4.69, 9.17) is 4.74 Å². The fourth-order valence-electron chi connectivity index (χ4n) is 2.60. The molecule has 0 bridgehead atoms. The van der Waals surface area contributed by atoms with Gasteiger partial charge in [0.25, 0.3) is 5.91 Å². The van der Waals surface area contributed by atoms with E-state index < -0.39 is 5.97 Å². The van der Waals surface area contributed by atoms with Crippen LogP contribution in [0.4, 0.5) is 17.1 Å². The quantitative estimate of drug-likeness (QED) is 0.585. The van der Waals surface area contributed by atoms with Crippen molar-refractivity contribution >= 4 is 28.9 Å². The summed E-state index contributed by atoms with van der Waals surface area (Å²) in [4.78, 5) is 28.1. The van der Waals surface area contributed by atoms with Crippen LogP contribution in [0, 0.1) is 0 Å². The molecular formula is C22H21N3O4. The van der Waals surface area contributed by atoms with Crippen LogP contribution >= 0.6 is 0 Å². The fourth-order valence-corrected chi connectivity index (χ4v) is 2.60. The van der Waals surface area contributed by atoms with E-state index >= 15 is 0 Å². The smallest absolute Gasteiger partial charge is 0.337 e. The van der Waals surface area contributed by atoms with Crippen LogP contribution in [0.2, 0.25) is 0 Å². The highest BCUT2D eigenvalue weighted by atomic mass is 16.5. The predicted molar refractivity (Wildman–Crippen MR) is 111 cm³/mol. The molecule has 3 aromatic rings. The highest BCUT2D eigenvalue weighted by molar-refractivity contribution is 6.03. The molecule has 7 heteroatoms. The van der Waals surface area contributed by atoms with Gasteiger partial charge in [-0.2, -0.15) is 0 Å². The van der Waals surface area contributed by atoms with Gasteiger partial charge in [-0.1, -0.05) is 0 Å². The Morgan fingerprint density at radius 3 is 2.28 bits per heavy atom. The van der Waals surface area contributed by atoms with Gasteiger partial charge in [-0.25, -0.2) is 4.79 Å². The molecule has 0 atom stereocenters. The van der Waals surface area contributed by atoms with Crippen LogP contribution in [0.1, 0.15) is 27.8 Å². The lowest BCUT2D eigenvalue weighted by molar-refractivity contribution is 0.0600. The molecule has 0 saturated heterocycles. The Hall–Kier alpha value is -3.87. The molecule has 2 N–H and O–H groups in total. The van der Waals surface area contributed by atoms with Gasteiger partial charge in [-0.05, 0) is 67.6 Å².